The van der Waals surface area contributed by atoms with Gasteiger partial charge in [-0.2, -0.15) is 0 Å². The molecule has 0 unspecified atom stereocenters. The van der Waals surface area contributed by atoms with Gasteiger partial charge in [0.05, 0.1) is 18.7 Å². The van der Waals surface area contributed by atoms with Crippen LogP contribution >= 0.6 is 0 Å². The summed E-state index contributed by atoms with van der Waals surface area (Å²) in [4.78, 5) is 9.27. The van der Waals surface area contributed by atoms with E-state index in [9.17, 15) is 4.39 Å². The minimum Gasteiger partial charge on any atom is -0.496 e. The van der Waals surface area contributed by atoms with Gasteiger partial charge >= 0.3 is 0 Å². The average molecular weight is 424 g/mol. The molecule has 1 aliphatic rings. The van der Waals surface area contributed by atoms with Crippen LogP contribution in [0.5, 0.6) is 5.75 Å². The first-order valence-corrected chi connectivity index (χ1v) is 10.8. The molecule has 3 aromatic rings. The molecule has 2 heterocycles. The van der Waals surface area contributed by atoms with Crippen LogP contribution in [0.2, 0.25) is 0 Å². The minimum absolute atomic E-state index is 0.249. The second-order valence-electron chi connectivity index (χ2n) is 8.36. The zero-order valence-electron chi connectivity index (χ0n) is 18.6. The predicted octanol–water partition coefficient (Wildman–Crippen LogP) is 4.62. The van der Waals surface area contributed by atoms with Crippen molar-refractivity contribution in [2.75, 3.05) is 31.2 Å². The summed E-state index contributed by atoms with van der Waals surface area (Å²) in [6, 6.07) is 7.14. The normalized spacial score (nSPS) is 15.8. The van der Waals surface area contributed by atoms with E-state index in [1.807, 2.05) is 19.9 Å². The molecule has 0 bridgehead atoms. The van der Waals surface area contributed by atoms with Gasteiger partial charge < -0.3 is 21.1 Å². The van der Waals surface area contributed by atoms with Gasteiger partial charge in [0.2, 0.25) is 0 Å². The first-order chi connectivity index (χ1) is 14.9. The van der Waals surface area contributed by atoms with E-state index < -0.39 is 0 Å². The van der Waals surface area contributed by atoms with Crippen molar-refractivity contribution in [3.8, 4) is 5.75 Å². The number of hydrogen-bond donors (Lipinski definition) is 3. The maximum atomic E-state index is 14.8. The van der Waals surface area contributed by atoms with Crippen LogP contribution < -0.4 is 21.1 Å². The monoisotopic (exact) mass is 423 g/mol. The van der Waals surface area contributed by atoms with Gasteiger partial charge in [0.25, 0.3) is 0 Å². The van der Waals surface area contributed by atoms with Crippen LogP contribution in [0.1, 0.15) is 54.2 Å². The fourth-order valence-corrected chi connectivity index (χ4v) is 4.45. The molecule has 1 atom stereocenters. The summed E-state index contributed by atoms with van der Waals surface area (Å²) in [6.07, 6.45) is 2.11. The van der Waals surface area contributed by atoms with Gasteiger partial charge in [-0.15, -0.1) is 0 Å². The van der Waals surface area contributed by atoms with Crippen LogP contribution in [-0.2, 0) is 0 Å². The third-order valence-corrected chi connectivity index (χ3v) is 6.06. The van der Waals surface area contributed by atoms with Crippen LogP contribution in [0.15, 0.2) is 24.3 Å². The first-order valence-electron chi connectivity index (χ1n) is 10.8. The molecule has 7 heteroatoms. The van der Waals surface area contributed by atoms with Crippen molar-refractivity contribution in [1.29, 1.82) is 0 Å². The SMILES string of the molecule is COc1cc2nc(C)nc(N[C@H](C)c3cc(N)cc(C)c3F)c2cc1C1CCNCC1. The molecule has 6 nitrogen and oxygen atoms in total. The second kappa shape index (κ2) is 8.67. The Hall–Kier alpha value is -2.93. The molecular weight excluding hydrogens is 393 g/mol. The van der Waals surface area contributed by atoms with Crippen molar-refractivity contribution in [3.63, 3.8) is 0 Å². The number of nitrogens with one attached hydrogen (secondary N) is 2. The summed E-state index contributed by atoms with van der Waals surface area (Å²) >= 11 is 0. The van der Waals surface area contributed by atoms with E-state index in [2.05, 4.69) is 26.7 Å². The van der Waals surface area contributed by atoms with E-state index in [1.54, 1.807) is 26.2 Å². The molecule has 4 rings (SSSR count). The van der Waals surface area contributed by atoms with Gasteiger partial charge in [0.1, 0.15) is 23.2 Å². The number of nitrogen functional groups attached to an aromatic ring is 1. The molecule has 0 amide bonds. The number of piperidine rings is 1. The molecule has 2 aromatic carbocycles. The highest BCUT2D eigenvalue weighted by Crippen LogP contribution is 2.38. The van der Waals surface area contributed by atoms with Gasteiger partial charge in [-0.05, 0) is 81.9 Å². The highest BCUT2D eigenvalue weighted by atomic mass is 19.1. The number of halogens is 1. The molecule has 0 saturated carbocycles. The van der Waals surface area contributed by atoms with E-state index in [0.717, 1.165) is 42.6 Å². The van der Waals surface area contributed by atoms with E-state index in [1.165, 1.54) is 5.56 Å². The van der Waals surface area contributed by atoms with Gasteiger partial charge in [-0.3, -0.25) is 0 Å². The zero-order valence-corrected chi connectivity index (χ0v) is 18.6. The topological polar surface area (TPSA) is 85.1 Å². The number of benzene rings is 2. The quantitative estimate of drug-likeness (QED) is 0.520. The zero-order chi connectivity index (χ0) is 22.1. The molecule has 0 radical (unpaired) electrons. The molecule has 164 valence electrons. The van der Waals surface area contributed by atoms with E-state index in [-0.39, 0.29) is 11.9 Å². The highest BCUT2D eigenvalue weighted by molar-refractivity contribution is 5.91. The van der Waals surface area contributed by atoms with Crippen molar-refractivity contribution >= 4 is 22.4 Å². The number of nitrogens with two attached hydrogens (primary N) is 1. The Morgan fingerprint density at radius 3 is 2.61 bits per heavy atom. The largest absolute Gasteiger partial charge is 0.496 e. The van der Waals surface area contributed by atoms with Crippen molar-refractivity contribution < 1.29 is 9.13 Å². The smallest absolute Gasteiger partial charge is 0.138 e. The summed E-state index contributed by atoms with van der Waals surface area (Å²) in [6.45, 7) is 7.48. The van der Waals surface area contributed by atoms with Crippen LogP contribution in [0.25, 0.3) is 10.9 Å². The number of methoxy groups -OCH3 is 1. The standard InChI is InChI=1S/C24H30FN5O/c1-13-9-17(26)10-18(23(13)25)14(2)28-24-20-11-19(16-5-7-27-8-6-16)22(31-4)12-21(20)29-15(3)30-24/h9-12,14,16,27H,5-8,26H2,1-4H3,(H,28,29,30)/t14-/m1/s1. The van der Waals surface area contributed by atoms with Crippen molar-refractivity contribution in [3.05, 3.63) is 52.6 Å². The van der Waals surface area contributed by atoms with Crippen LogP contribution in [0, 0.1) is 19.7 Å². The van der Waals surface area contributed by atoms with Crippen molar-refractivity contribution in [2.45, 2.75) is 45.6 Å². The lowest BCUT2D eigenvalue weighted by Gasteiger charge is -2.25. The number of aromatic nitrogens is 2. The molecule has 31 heavy (non-hydrogen) atoms. The van der Waals surface area contributed by atoms with Gasteiger partial charge in [-0.1, -0.05) is 0 Å². The van der Waals surface area contributed by atoms with Gasteiger partial charge in [-0.25, -0.2) is 14.4 Å². The average Bonchev–Trinajstić information content (AvgIpc) is 2.75. The van der Waals surface area contributed by atoms with E-state index >= 15 is 0 Å². The van der Waals surface area contributed by atoms with Gasteiger partial charge in [0.15, 0.2) is 0 Å². The van der Waals surface area contributed by atoms with E-state index in [4.69, 9.17) is 10.5 Å². The molecule has 1 saturated heterocycles. The number of aryl methyl sites for hydroxylation is 2. The lowest BCUT2D eigenvalue weighted by molar-refractivity contribution is 0.392. The van der Waals surface area contributed by atoms with E-state index in [0.29, 0.717) is 34.4 Å². The highest BCUT2D eigenvalue weighted by Gasteiger charge is 2.22. The molecule has 0 aliphatic carbocycles. The molecular formula is C24H30FN5O. The molecule has 4 N–H and O–H groups in total. The lowest BCUT2D eigenvalue weighted by atomic mass is 9.88. The summed E-state index contributed by atoms with van der Waals surface area (Å²) in [5.41, 5.74) is 9.55. The Labute approximate surface area is 182 Å². The third kappa shape index (κ3) is 4.28. The number of rotatable bonds is 5. The maximum absolute atomic E-state index is 14.8. The second-order valence-corrected chi connectivity index (χ2v) is 8.36. The molecule has 1 aromatic heterocycles. The third-order valence-electron chi connectivity index (χ3n) is 6.06. The van der Waals surface area contributed by atoms with Crippen LogP contribution in [0.3, 0.4) is 0 Å². The fourth-order valence-electron chi connectivity index (χ4n) is 4.45. The Morgan fingerprint density at radius 2 is 1.90 bits per heavy atom. The fraction of sp³-hybridized carbons (Fsp3) is 0.417. The van der Waals surface area contributed by atoms with Gasteiger partial charge in [0, 0.05) is 22.7 Å². The number of ether oxygens (including phenoxy) is 1. The number of anilines is 2. The number of fused-ring (bicyclic) bond motifs is 1. The first kappa shape index (κ1) is 21.3. The summed E-state index contributed by atoms with van der Waals surface area (Å²) < 4.78 is 20.5. The summed E-state index contributed by atoms with van der Waals surface area (Å²) in [7, 11) is 1.70. The lowest BCUT2D eigenvalue weighted by Crippen LogP contribution is -2.26. The Bertz CT molecular complexity index is 1110. The molecule has 0 spiro atoms. The molecule has 1 fully saturated rings. The van der Waals surface area contributed by atoms with Crippen molar-refractivity contribution in [2.24, 2.45) is 0 Å². The molecule has 1 aliphatic heterocycles. The predicted molar refractivity (Wildman–Crippen MR) is 123 cm³/mol. The Balaban J connectivity index is 1.78. The van der Waals surface area contributed by atoms with Crippen LogP contribution in [-0.4, -0.2) is 30.2 Å². The Morgan fingerprint density at radius 1 is 1.16 bits per heavy atom. The summed E-state index contributed by atoms with van der Waals surface area (Å²) in [5, 5.41) is 7.73. The number of hydrogen-bond acceptors (Lipinski definition) is 6. The maximum Gasteiger partial charge on any atom is 0.138 e. The van der Waals surface area contributed by atoms with Crippen LogP contribution in [0.4, 0.5) is 15.9 Å². The number of nitrogens with zero attached hydrogens (tertiary/aromatic N) is 2. The Kier molecular flexibility index (Phi) is 5.96. The van der Waals surface area contributed by atoms with Crippen molar-refractivity contribution in [1.82, 2.24) is 15.3 Å². The minimum atomic E-state index is -0.316. The summed E-state index contributed by atoms with van der Waals surface area (Å²) in [5.74, 6) is 2.35.